The molecule has 1 aromatic rings. The molecule has 13 heavy (non-hydrogen) atoms. The van der Waals surface area contributed by atoms with Gasteiger partial charge in [0.2, 0.25) is 0 Å². The average Bonchev–Trinajstić information content (AvgIpc) is 2.55. The van der Waals surface area contributed by atoms with Crippen molar-refractivity contribution in [3.8, 4) is 0 Å². The van der Waals surface area contributed by atoms with Gasteiger partial charge >= 0.3 is 0 Å². The monoisotopic (exact) mass is 200 g/mol. The van der Waals surface area contributed by atoms with Gasteiger partial charge in [0.05, 0.1) is 24.0 Å². The van der Waals surface area contributed by atoms with E-state index < -0.39 is 6.10 Å². The molecule has 0 aliphatic rings. The molecule has 4 heteroatoms. The SMILES string of the molecule is CCCC(C)CC(O)c1cnsn1. The van der Waals surface area contributed by atoms with Gasteiger partial charge in [-0.3, -0.25) is 0 Å². The maximum Gasteiger partial charge on any atom is 0.103 e. The van der Waals surface area contributed by atoms with E-state index >= 15 is 0 Å². The zero-order chi connectivity index (χ0) is 9.68. The molecule has 2 atom stereocenters. The molecule has 0 aliphatic carbocycles. The van der Waals surface area contributed by atoms with Crippen LogP contribution < -0.4 is 0 Å². The van der Waals surface area contributed by atoms with Crippen molar-refractivity contribution < 1.29 is 5.11 Å². The molecular weight excluding hydrogens is 184 g/mol. The van der Waals surface area contributed by atoms with Crippen LogP contribution in [0.25, 0.3) is 0 Å². The lowest BCUT2D eigenvalue weighted by molar-refractivity contribution is 0.141. The summed E-state index contributed by atoms with van der Waals surface area (Å²) in [6.07, 6.45) is 4.34. The molecule has 1 heterocycles. The van der Waals surface area contributed by atoms with E-state index in [-0.39, 0.29) is 0 Å². The number of aromatic nitrogens is 2. The van der Waals surface area contributed by atoms with E-state index in [1.54, 1.807) is 6.20 Å². The third kappa shape index (κ3) is 3.40. The molecule has 0 amide bonds. The summed E-state index contributed by atoms with van der Waals surface area (Å²) in [5.41, 5.74) is 0.716. The Kier molecular flexibility index (Phi) is 4.32. The molecule has 1 N–H and O–H groups in total. The van der Waals surface area contributed by atoms with Crippen LogP contribution in [0.1, 0.15) is 44.9 Å². The Balaban J connectivity index is 2.37. The second-order valence-electron chi connectivity index (χ2n) is 3.48. The first kappa shape index (κ1) is 10.6. The molecule has 1 aromatic heterocycles. The van der Waals surface area contributed by atoms with E-state index in [9.17, 15) is 5.11 Å². The predicted octanol–water partition coefficient (Wildman–Crippen LogP) is 2.40. The van der Waals surface area contributed by atoms with Crippen LogP contribution >= 0.6 is 11.7 Å². The number of aliphatic hydroxyl groups excluding tert-OH is 1. The predicted molar refractivity (Wildman–Crippen MR) is 53.6 cm³/mol. The van der Waals surface area contributed by atoms with Gasteiger partial charge in [0.25, 0.3) is 0 Å². The number of rotatable bonds is 5. The minimum atomic E-state index is -0.430. The molecule has 0 radical (unpaired) electrons. The van der Waals surface area contributed by atoms with Crippen LogP contribution in [0.4, 0.5) is 0 Å². The summed E-state index contributed by atoms with van der Waals surface area (Å²) in [4.78, 5) is 0. The first-order valence-corrected chi connectivity index (χ1v) is 5.42. The third-order valence-corrected chi connectivity index (χ3v) is 2.62. The molecule has 0 spiro atoms. The summed E-state index contributed by atoms with van der Waals surface area (Å²) in [6, 6.07) is 0. The van der Waals surface area contributed by atoms with Gasteiger partial charge < -0.3 is 5.11 Å². The number of nitrogens with zero attached hydrogens (tertiary/aromatic N) is 2. The van der Waals surface area contributed by atoms with Crippen molar-refractivity contribution >= 4 is 11.7 Å². The zero-order valence-electron chi connectivity index (χ0n) is 8.10. The van der Waals surface area contributed by atoms with Crippen LogP contribution in [0.3, 0.4) is 0 Å². The van der Waals surface area contributed by atoms with Gasteiger partial charge in [-0.25, -0.2) is 0 Å². The lowest BCUT2D eigenvalue weighted by atomic mass is 9.98. The number of hydrogen-bond donors (Lipinski definition) is 1. The lowest BCUT2D eigenvalue weighted by Crippen LogP contribution is -2.04. The van der Waals surface area contributed by atoms with E-state index in [4.69, 9.17) is 0 Å². The molecule has 0 fully saturated rings. The van der Waals surface area contributed by atoms with Gasteiger partial charge in [0.15, 0.2) is 0 Å². The molecular formula is C9H16N2OS. The molecule has 2 unspecified atom stereocenters. The van der Waals surface area contributed by atoms with Crippen LogP contribution in [-0.2, 0) is 0 Å². The normalized spacial score (nSPS) is 15.6. The smallest absolute Gasteiger partial charge is 0.103 e. The fourth-order valence-electron chi connectivity index (χ4n) is 1.43. The molecule has 0 aromatic carbocycles. The Morgan fingerprint density at radius 2 is 2.38 bits per heavy atom. The fourth-order valence-corrected chi connectivity index (χ4v) is 1.90. The molecule has 0 bridgehead atoms. The van der Waals surface area contributed by atoms with E-state index in [1.807, 2.05) is 0 Å². The highest BCUT2D eigenvalue weighted by Gasteiger charge is 2.13. The van der Waals surface area contributed by atoms with Gasteiger partial charge in [-0.1, -0.05) is 26.7 Å². The summed E-state index contributed by atoms with van der Waals surface area (Å²) in [5.74, 6) is 0.557. The summed E-state index contributed by atoms with van der Waals surface area (Å²) in [7, 11) is 0. The lowest BCUT2D eigenvalue weighted by Gasteiger charge is -2.13. The Morgan fingerprint density at radius 1 is 1.62 bits per heavy atom. The molecule has 0 saturated carbocycles. The summed E-state index contributed by atoms with van der Waals surface area (Å²) >= 11 is 1.15. The Bertz CT molecular complexity index is 226. The third-order valence-electron chi connectivity index (χ3n) is 2.13. The van der Waals surface area contributed by atoms with Crippen molar-refractivity contribution in [3.63, 3.8) is 0 Å². The molecule has 3 nitrogen and oxygen atoms in total. The maximum absolute atomic E-state index is 9.71. The van der Waals surface area contributed by atoms with Crippen molar-refractivity contribution in [2.24, 2.45) is 5.92 Å². The van der Waals surface area contributed by atoms with Crippen molar-refractivity contribution in [1.82, 2.24) is 8.75 Å². The average molecular weight is 200 g/mol. The number of hydrogen-bond acceptors (Lipinski definition) is 4. The van der Waals surface area contributed by atoms with Crippen molar-refractivity contribution in [1.29, 1.82) is 0 Å². The van der Waals surface area contributed by atoms with Gasteiger partial charge in [-0.05, 0) is 12.3 Å². The van der Waals surface area contributed by atoms with E-state index in [0.29, 0.717) is 11.6 Å². The summed E-state index contributed by atoms with van der Waals surface area (Å²) in [6.45, 7) is 4.32. The van der Waals surface area contributed by atoms with Gasteiger partial charge in [0.1, 0.15) is 5.69 Å². The van der Waals surface area contributed by atoms with Crippen molar-refractivity contribution in [2.75, 3.05) is 0 Å². The first-order valence-electron chi connectivity index (χ1n) is 4.69. The largest absolute Gasteiger partial charge is 0.387 e. The zero-order valence-corrected chi connectivity index (χ0v) is 8.92. The second-order valence-corrected chi connectivity index (χ2v) is 4.03. The van der Waals surface area contributed by atoms with Crippen molar-refractivity contribution in [2.45, 2.75) is 39.2 Å². The van der Waals surface area contributed by atoms with E-state index in [0.717, 1.165) is 24.6 Å². The first-order chi connectivity index (χ1) is 6.24. The minimum Gasteiger partial charge on any atom is -0.387 e. The summed E-state index contributed by atoms with van der Waals surface area (Å²) in [5, 5.41) is 9.71. The highest BCUT2D eigenvalue weighted by atomic mass is 32.1. The number of aliphatic hydroxyl groups is 1. The van der Waals surface area contributed by atoms with Crippen LogP contribution in [0.5, 0.6) is 0 Å². The second kappa shape index (κ2) is 5.29. The minimum absolute atomic E-state index is 0.430. The van der Waals surface area contributed by atoms with Gasteiger partial charge in [0, 0.05) is 0 Å². The van der Waals surface area contributed by atoms with Crippen LogP contribution in [0.15, 0.2) is 6.20 Å². The molecule has 74 valence electrons. The Morgan fingerprint density at radius 3 is 2.92 bits per heavy atom. The maximum atomic E-state index is 9.71. The van der Waals surface area contributed by atoms with E-state index in [1.165, 1.54) is 6.42 Å². The standard InChI is InChI=1S/C9H16N2OS/c1-3-4-7(2)5-9(12)8-6-10-13-11-8/h6-7,9,12H,3-5H2,1-2H3. The Labute approximate surface area is 83.1 Å². The molecule has 1 rings (SSSR count). The Hall–Kier alpha value is -0.480. The van der Waals surface area contributed by atoms with Crippen molar-refractivity contribution in [3.05, 3.63) is 11.9 Å². The summed E-state index contributed by atoms with van der Waals surface area (Å²) < 4.78 is 7.88. The fraction of sp³-hybridized carbons (Fsp3) is 0.778. The van der Waals surface area contributed by atoms with Crippen LogP contribution in [0, 0.1) is 5.92 Å². The highest BCUT2D eigenvalue weighted by Crippen LogP contribution is 2.22. The van der Waals surface area contributed by atoms with Crippen LogP contribution in [-0.4, -0.2) is 13.9 Å². The van der Waals surface area contributed by atoms with Crippen LogP contribution in [0.2, 0.25) is 0 Å². The van der Waals surface area contributed by atoms with E-state index in [2.05, 4.69) is 22.6 Å². The quantitative estimate of drug-likeness (QED) is 0.794. The van der Waals surface area contributed by atoms with Gasteiger partial charge in [-0.15, -0.1) is 0 Å². The highest BCUT2D eigenvalue weighted by molar-refractivity contribution is 6.99. The molecule has 0 aliphatic heterocycles. The molecule has 0 saturated heterocycles. The van der Waals surface area contributed by atoms with Gasteiger partial charge in [-0.2, -0.15) is 8.75 Å². The topological polar surface area (TPSA) is 46.0 Å².